The molecule has 21 heavy (non-hydrogen) atoms. The minimum Gasteiger partial charge on any atom is -0.492 e. The Labute approximate surface area is 132 Å². The zero-order chi connectivity index (χ0) is 14.9. The molecule has 0 aliphatic carbocycles. The van der Waals surface area contributed by atoms with Gasteiger partial charge in [0, 0.05) is 31.1 Å². The van der Waals surface area contributed by atoms with Crippen LogP contribution < -0.4 is 10.1 Å². The highest BCUT2D eigenvalue weighted by Gasteiger charge is 2.21. The maximum Gasteiger partial charge on any atom is 0.193 e. The van der Waals surface area contributed by atoms with Crippen molar-refractivity contribution >= 4 is 17.7 Å². The number of benzene rings is 1. The third-order valence-electron chi connectivity index (χ3n) is 3.50. The van der Waals surface area contributed by atoms with Gasteiger partial charge >= 0.3 is 0 Å². The lowest BCUT2D eigenvalue weighted by Gasteiger charge is -2.34. The Morgan fingerprint density at radius 3 is 2.95 bits per heavy atom. The van der Waals surface area contributed by atoms with Crippen LogP contribution in [0.2, 0.25) is 0 Å². The molecular formula is C16H25N3OS. The molecule has 1 aliphatic rings. The van der Waals surface area contributed by atoms with Gasteiger partial charge in [-0.3, -0.25) is 4.99 Å². The molecule has 1 aromatic rings. The summed E-state index contributed by atoms with van der Waals surface area (Å²) in [6.45, 7) is 5.82. The summed E-state index contributed by atoms with van der Waals surface area (Å²) in [7, 11) is 1.85. The molecule has 1 fully saturated rings. The number of hydrogen-bond donors (Lipinski definition) is 1. The quantitative estimate of drug-likeness (QED) is 0.515. The first-order valence-electron chi connectivity index (χ1n) is 7.58. The number of nitrogens with one attached hydrogen (secondary N) is 1. The average Bonchev–Trinajstić information content (AvgIpc) is 2.56. The number of hydrogen-bond acceptors (Lipinski definition) is 3. The second kappa shape index (κ2) is 8.82. The first kappa shape index (κ1) is 16.0. The molecule has 0 radical (unpaired) electrons. The summed E-state index contributed by atoms with van der Waals surface area (Å²) in [5.74, 6) is 3.08. The monoisotopic (exact) mass is 307 g/mol. The highest BCUT2D eigenvalue weighted by atomic mass is 32.2. The van der Waals surface area contributed by atoms with E-state index in [0.717, 1.165) is 36.6 Å². The predicted octanol–water partition coefficient (Wildman–Crippen LogP) is 2.47. The number of para-hydroxylation sites is 1. The minimum absolute atomic E-state index is 0.642. The maximum atomic E-state index is 5.69. The molecule has 1 aliphatic heterocycles. The summed E-state index contributed by atoms with van der Waals surface area (Å²) in [6.07, 6.45) is 1.22. The molecule has 5 heteroatoms. The molecule has 0 aromatic heterocycles. The Balaban J connectivity index is 1.73. The van der Waals surface area contributed by atoms with Crippen LogP contribution in [0.25, 0.3) is 0 Å². The van der Waals surface area contributed by atoms with Crippen LogP contribution in [0, 0.1) is 0 Å². The number of ether oxygens (including phenoxy) is 1. The van der Waals surface area contributed by atoms with Crippen molar-refractivity contribution in [3.8, 4) is 5.75 Å². The van der Waals surface area contributed by atoms with Crippen LogP contribution in [0.5, 0.6) is 5.75 Å². The van der Waals surface area contributed by atoms with E-state index in [2.05, 4.69) is 33.9 Å². The van der Waals surface area contributed by atoms with Gasteiger partial charge in [-0.15, -0.1) is 0 Å². The van der Waals surface area contributed by atoms with Gasteiger partial charge in [0.05, 0.1) is 6.54 Å². The molecule has 1 N–H and O–H groups in total. The van der Waals surface area contributed by atoms with E-state index >= 15 is 0 Å². The Bertz CT molecular complexity index is 438. The Kier molecular flexibility index (Phi) is 6.73. The zero-order valence-corrected chi connectivity index (χ0v) is 13.7. The smallest absolute Gasteiger partial charge is 0.193 e. The fraction of sp³-hybridized carbons (Fsp3) is 0.562. The van der Waals surface area contributed by atoms with E-state index in [1.165, 1.54) is 12.2 Å². The van der Waals surface area contributed by atoms with Gasteiger partial charge in [0.15, 0.2) is 5.96 Å². The molecule has 1 saturated heterocycles. The molecule has 2 rings (SSSR count). The Hall–Kier alpha value is -1.36. The van der Waals surface area contributed by atoms with E-state index in [4.69, 9.17) is 4.74 Å². The van der Waals surface area contributed by atoms with Gasteiger partial charge in [0.1, 0.15) is 12.4 Å². The van der Waals surface area contributed by atoms with Crippen LogP contribution in [0.15, 0.2) is 35.3 Å². The van der Waals surface area contributed by atoms with Crippen molar-refractivity contribution < 1.29 is 4.74 Å². The van der Waals surface area contributed by atoms with Gasteiger partial charge in [-0.2, -0.15) is 11.8 Å². The average molecular weight is 307 g/mol. The molecule has 1 aromatic carbocycles. The lowest BCUT2D eigenvalue weighted by Crippen LogP contribution is -2.48. The van der Waals surface area contributed by atoms with Crippen molar-refractivity contribution in [2.75, 3.05) is 39.0 Å². The highest BCUT2D eigenvalue weighted by Crippen LogP contribution is 2.20. The highest BCUT2D eigenvalue weighted by molar-refractivity contribution is 8.00. The summed E-state index contributed by atoms with van der Waals surface area (Å²) >= 11 is 2.07. The molecule has 1 atom stereocenters. The topological polar surface area (TPSA) is 36.9 Å². The molecular weight excluding hydrogens is 282 g/mol. The van der Waals surface area contributed by atoms with Gasteiger partial charge in [0.2, 0.25) is 0 Å². The maximum absolute atomic E-state index is 5.69. The van der Waals surface area contributed by atoms with Crippen molar-refractivity contribution in [3.05, 3.63) is 30.3 Å². The van der Waals surface area contributed by atoms with Crippen molar-refractivity contribution in [2.45, 2.75) is 18.6 Å². The standard InChI is InChI=1S/C16H25N3OS/c1-3-15-13-19(10-12-21-15)16(17-2)18-9-11-20-14-7-5-4-6-8-14/h4-8,15H,3,9-13H2,1-2H3,(H,17,18). The zero-order valence-electron chi connectivity index (χ0n) is 12.9. The summed E-state index contributed by atoms with van der Waals surface area (Å²) in [6, 6.07) is 9.91. The van der Waals surface area contributed by atoms with Gasteiger partial charge in [-0.05, 0) is 18.6 Å². The van der Waals surface area contributed by atoms with Crippen LogP contribution in [0.4, 0.5) is 0 Å². The predicted molar refractivity (Wildman–Crippen MR) is 91.4 cm³/mol. The van der Waals surface area contributed by atoms with Crippen molar-refractivity contribution in [3.63, 3.8) is 0 Å². The number of rotatable bonds is 5. The molecule has 0 amide bonds. The normalized spacial score (nSPS) is 19.4. The minimum atomic E-state index is 0.642. The van der Waals surface area contributed by atoms with Gasteiger partial charge in [-0.1, -0.05) is 25.1 Å². The van der Waals surface area contributed by atoms with Gasteiger partial charge in [-0.25, -0.2) is 0 Å². The number of nitrogens with zero attached hydrogens (tertiary/aromatic N) is 2. The van der Waals surface area contributed by atoms with Crippen LogP contribution in [-0.4, -0.2) is 55.2 Å². The third-order valence-corrected chi connectivity index (χ3v) is 4.87. The summed E-state index contributed by atoms with van der Waals surface area (Å²) in [4.78, 5) is 6.75. The fourth-order valence-electron chi connectivity index (χ4n) is 2.34. The Morgan fingerprint density at radius 2 is 2.24 bits per heavy atom. The Morgan fingerprint density at radius 1 is 1.43 bits per heavy atom. The van der Waals surface area contributed by atoms with Crippen LogP contribution in [0.1, 0.15) is 13.3 Å². The van der Waals surface area contributed by atoms with E-state index in [0.29, 0.717) is 6.61 Å². The molecule has 0 saturated carbocycles. The van der Waals surface area contributed by atoms with Crippen LogP contribution in [0.3, 0.4) is 0 Å². The first-order valence-corrected chi connectivity index (χ1v) is 8.63. The van der Waals surface area contributed by atoms with E-state index in [1.54, 1.807) is 0 Å². The SMILES string of the molecule is CCC1CN(C(=NC)NCCOc2ccccc2)CCS1. The molecule has 0 spiro atoms. The fourth-order valence-corrected chi connectivity index (χ4v) is 3.52. The second-order valence-corrected chi connectivity index (χ2v) is 6.39. The van der Waals surface area contributed by atoms with E-state index in [9.17, 15) is 0 Å². The first-order chi connectivity index (χ1) is 10.3. The number of guanidine groups is 1. The lowest BCUT2D eigenvalue weighted by molar-refractivity contribution is 0.317. The van der Waals surface area contributed by atoms with Crippen LogP contribution in [-0.2, 0) is 0 Å². The molecule has 4 nitrogen and oxygen atoms in total. The molecule has 1 unspecified atom stereocenters. The number of aliphatic imine (C=N–C) groups is 1. The summed E-state index contributed by atoms with van der Waals surface area (Å²) < 4.78 is 5.69. The summed E-state index contributed by atoms with van der Waals surface area (Å²) in [5.41, 5.74) is 0. The number of thioether (sulfide) groups is 1. The van der Waals surface area contributed by atoms with Gasteiger partial charge < -0.3 is 15.0 Å². The van der Waals surface area contributed by atoms with Crippen molar-refractivity contribution in [2.24, 2.45) is 4.99 Å². The molecule has 0 bridgehead atoms. The van der Waals surface area contributed by atoms with E-state index in [-0.39, 0.29) is 0 Å². The van der Waals surface area contributed by atoms with Gasteiger partial charge in [0.25, 0.3) is 0 Å². The molecule has 1 heterocycles. The van der Waals surface area contributed by atoms with E-state index < -0.39 is 0 Å². The lowest BCUT2D eigenvalue weighted by atomic mass is 10.3. The van der Waals surface area contributed by atoms with Crippen molar-refractivity contribution in [1.82, 2.24) is 10.2 Å². The second-order valence-electron chi connectivity index (χ2n) is 4.98. The third kappa shape index (κ3) is 5.16. The molecule has 116 valence electrons. The largest absolute Gasteiger partial charge is 0.492 e. The van der Waals surface area contributed by atoms with Crippen LogP contribution >= 0.6 is 11.8 Å². The van der Waals surface area contributed by atoms with E-state index in [1.807, 2.05) is 37.4 Å². The van der Waals surface area contributed by atoms with Crippen molar-refractivity contribution in [1.29, 1.82) is 0 Å². The summed E-state index contributed by atoms with van der Waals surface area (Å²) in [5, 5.41) is 4.12.